The molecule has 0 bridgehead atoms. The van der Waals surface area contributed by atoms with Crippen LogP contribution in [0.3, 0.4) is 0 Å². The van der Waals surface area contributed by atoms with E-state index in [1.165, 1.54) is 11.8 Å². The van der Waals surface area contributed by atoms with Crippen LogP contribution in [0.15, 0.2) is 65.9 Å². The summed E-state index contributed by atoms with van der Waals surface area (Å²) in [6.07, 6.45) is 0. The number of Topliss-reactive ketones (excluding diaryl/α,β-unsaturated/α-hetero) is 1. The molecule has 1 N–H and O–H groups in total. The molecule has 0 fully saturated rings. The first-order valence-corrected chi connectivity index (χ1v) is 8.75. The third kappa shape index (κ3) is 3.22. The Hall–Kier alpha value is -4.01. The first-order valence-electron chi connectivity index (χ1n) is 8.75. The average molecular weight is 391 g/mol. The predicted molar refractivity (Wildman–Crippen MR) is 102 cm³/mol. The number of carbonyl (C=O) groups is 2. The smallest absolute Gasteiger partial charge is 0.355 e. The minimum atomic E-state index is -0.728. The summed E-state index contributed by atoms with van der Waals surface area (Å²) in [5.41, 5.74) is 1.33. The second-order valence-electron chi connectivity index (χ2n) is 6.22. The number of ketones is 1. The Balaban J connectivity index is 1.93. The van der Waals surface area contributed by atoms with E-state index in [9.17, 15) is 9.59 Å². The zero-order valence-electron chi connectivity index (χ0n) is 15.7. The molecular formula is C20H17N5O4. The van der Waals surface area contributed by atoms with Crippen molar-refractivity contribution >= 4 is 17.7 Å². The van der Waals surface area contributed by atoms with Crippen molar-refractivity contribution in [1.29, 1.82) is 0 Å². The second kappa shape index (κ2) is 7.55. The summed E-state index contributed by atoms with van der Waals surface area (Å²) in [5.74, 6) is -0.124. The topological polar surface area (TPSA) is 108 Å². The molecule has 146 valence electrons. The summed E-state index contributed by atoms with van der Waals surface area (Å²) >= 11 is 0. The summed E-state index contributed by atoms with van der Waals surface area (Å²) in [6, 6.07) is 15.1. The minimum absolute atomic E-state index is 0.00414. The Kier molecular flexibility index (Phi) is 4.78. The van der Waals surface area contributed by atoms with Crippen LogP contribution < -0.4 is 10.1 Å². The highest BCUT2D eigenvalue weighted by Crippen LogP contribution is 2.37. The molecule has 1 aromatic heterocycles. The molecule has 0 saturated carbocycles. The van der Waals surface area contributed by atoms with Crippen molar-refractivity contribution in [2.45, 2.75) is 6.04 Å². The largest absolute Gasteiger partial charge is 0.497 e. The molecule has 1 aliphatic heterocycles. The van der Waals surface area contributed by atoms with Gasteiger partial charge in [-0.1, -0.05) is 47.6 Å². The Morgan fingerprint density at radius 3 is 2.41 bits per heavy atom. The predicted octanol–water partition coefficient (Wildman–Crippen LogP) is 2.01. The summed E-state index contributed by atoms with van der Waals surface area (Å²) in [5, 5.41) is 14.5. The number of esters is 1. The van der Waals surface area contributed by atoms with Gasteiger partial charge in [-0.2, -0.15) is 4.68 Å². The molecule has 29 heavy (non-hydrogen) atoms. The van der Waals surface area contributed by atoms with Crippen LogP contribution in [0.2, 0.25) is 0 Å². The molecule has 0 aliphatic carbocycles. The van der Waals surface area contributed by atoms with Crippen LogP contribution in [0.4, 0.5) is 5.95 Å². The fourth-order valence-corrected chi connectivity index (χ4v) is 3.23. The van der Waals surface area contributed by atoms with Crippen LogP contribution in [0.5, 0.6) is 5.75 Å². The van der Waals surface area contributed by atoms with Gasteiger partial charge in [-0.05, 0) is 28.1 Å². The van der Waals surface area contributed by atoms with E-state index in [0.717, 1.165) is 0 Å². The normalized spacial score (nSPS) is 15.3. The number of allylic oxidation sites excluding steroid dienone is 1. The van der Waals surface area contributed by atoms with E-state index < -0.39 is 12.0 Å². The number of ether oxygens (including phenoxy) is 2. The molecule has 0 unspecified atom stereocenters. The van der Waals surface area contributed by atoms with Crippen molar-refractivity contribution in [3.05, 3.63) is 77.0 Å². The van der Waals surface area contributed by atoms with Crippen molar-refractivity contribution < 1.29 is 19.1 Å². The SMILES string of the molecule is COC(=O)C1=C(C(=O)c2ccccc2)[C@@H](c2ccc(OC)cc2)n2nnnc2N1. The Morgan fingerprint density at radius 2 is 1.76 bits per heavy atom. The molecule has 0 amide bonds. The van der Waals surface area contributed by atoms with Crippen molar-refractivity contribution in [2.24, 2.45) is 0 Å². The van der Waals surface area contributed by atoms with Gasteiger partial charge in [0.2, 0.25) is 5.95 Å². The van der Waals surface area contributed by atoms with Crippen LogP contribution in [-0.4, -0.2) is 46.2 Å². The highest BCUT2D eigenvalue weighted by atomic mass is 16.5. The van der Waals surface area contributed by atoms with Gasteiger partial charge < -0.3 is 14.8 Å². The van der Waals surface area contributed by atoms with E-state index in [1.807, 2.05) is 6.07 Å². The first-order chi connectivity index (χ1) is 14.1. The lowest BCUT2D eigenvalue weighted by molar-refractivity contribution is -0.136. The van der Waals surface area contributed by atoms with Gasteiger partial charge in [0.15, 0.2) is 5.78 Å². The molecule has 9 heteroatoms. The van der Waals surface area contributed by atoms with E-state index >= 15 is 0 Å². The maximum Gasteiger partial charge on any atom is 0.355 e. The van der Waals surface area contributed by atoms with Crippen molar-refractivity contribution in [2.75, 3.05) is 19.5 Å². The molecule has 0 saturated heterocycles. The van der Waals surface area contributed by atoms with Crippen LogP contribution >= 0.6 is 0 Å². The fourth-order valence-electron chi connectivity index (χ4n) is 3.23. The van der Waals surface area contributed by atoms with Gasteiger partial charge in [-0.15, -0.1) is 0 Å². The van der Waals surface area contributed by atoms with Crippen LogP contribution in [0.25, 0.3) is 0 Å². The summed E-state index contributed by atoms with van der Waals surface area (Å²) in [7, 11) is 2.82. The highest BCUT2D eigenvalue weighted by Gasteiger charge is 2.38. The van der Waals surface area contributed by atoms with E-state index in [4.69, 9.17) is 9.47 Å². The number of benzene rings is 2. The number of methoxy groups -OCH3 is 2. The lowest BCUT2D eigenvalue weighted by atomic mass is 9.89. The third-order valence-electron chi connectivity index (χ3n) is 4.62. The summed E-state index contributed by atoms with van der Waals surface area (Å²) in [4.78, 5) is 26.0. The number of fused-ring (bicyclic) bond motifs is 1. The lowest BCUT2D eigenvalue weighted by Gasteiger charge is -2.28. The van der Waals surface area contributed by atoms with E-state index in [0.29, 0.717) is 16.9 Å². The molecule has 2 heterocycles. The average Bonchev–Trinajstić information content (AvgIpc) is 3.26. The molecule has 9 nitrogen and oxygen atoms in total. The number of rotatable bonds is 5. The number of carbonyl (C=O) groups excluding carboxylic acids is 2. The second-order valence-corrected chi connectivity index (χ2v) is 6.22. The van der Waals surface area contributed by atoms with Crippen LogP contribution in [-0.2, 0) is 9.53 Å². The van der Waals surface area contributed by atoms with Gasteiger partial charge >= 0.3 is 5.97 Å². The van der Waals surface area contributed by atoms with Crippen LogP contribution in [0.1, 0.15) is 22.0 Å². The number of anilines is 1. The van der Waals surface area contributed by atoms with E-state index in [1.54, 1.807) is 55.6 Å². The van der Waals surface area contributed by atoms with Gasteiger partial charge in [-0.3, -0.25) is 4.79 Å². The number of hydrogen-bond acceptors (Lipinski definition) is 8. The number of nitrogens with zero attached hydrogens (tertiary/aromatic N) is 4. The molecule has 0 radical (unpaired) electrons. The van der Waals surface area contributed by atoms with Crippen molar-refractivity contribution in [1.82, 2.24) is 20.2 Å². The number of tetrazole rings is 1. The lowest BCUT2D eigenvalue weighted by Crippen LogP contribution is -2.32. The minimum Gasteiger partial charge on any atom is -0.497 e. The highest BCUT2D eigenvalue weighted by molar-refractivity contribution is 6.14. The van der Waals surface area contributed by atoms with Gasteiger partial charge in [0.1, 0.15) is 17.5 Å². The zero-order valence-corrected chi connectivity index (χ0v) is 15.7. The Labute approximate surface area is 165 Å². The summed E-state index contributed by atoms with van der Waals surface area (Å²) in [6.45, 7) is 0. The molecule has 2 aromatic carbocycles. The van der Waals surface area contributed by atoms with E-state index in [2.05, 4.69) is 20.8 Å². The van der Waals surface area contributed by atoms with Gasteiger partial charge in [0.25, 0.3) is 0 Å². The Bertz CT molecular complexity index is 1090. The number of hydrogen-bond donors (Lipinski definition) is 1. The molecule has 4 rings (SSSR count). The molecule has 1 atom stereocenters. The van der Waals surface area contributed by atoms with Gasteiger partial charge in [0.05, 0.1) is 19.8 Å². The van der Waals surface area contributed by atoms with Crippen LogP contribution in [0, 0.1) is 0 Å². The quantitative estimate of drug-likeness (QED) is 0.520. The standard InChI is InChI=1S/C20H17N5O4/c1-28-14-10-8-12(9-11-14)17-15(18(26)13-6-4-3-5-7-13)16(19(27)29-2)21-20-22-23-24-25(17)20/h3-11,17H,1-2H3,(H,21,22,24)/t17-/m1/s1. The van der Waals surface area contributed by atoms with Gasteiger partial charge in [-0.25, -0.2) is 4.79 Å². The third-order valence-corrected chi connectivity index (χ3v) is 4.62. The van der Waals surface area contributed by atoms with Crippen molar-refractivity contribution in [3.8, 4) is 5.75 Å². The van der Waals surface area contributed by atoms with Gasteiger partial charge in [0, 0.05) is 5.56 Å². The monoisotopic (exact) mass is 391 g/mol. The number of aromatic nitrogens is 4. The fraction of sp³-hybridized carbons (Fsp3) is 0.150. The number of nitrogens with one attached hydrogen (secondary N) is 1. The first kappa shape index (κ1) is 18.4. The molecule has 3 aromatic rings. The maximum atomic E-state index is 13.5. The zero-order chi connectivity index (χ0) is 20.4. The maximum absolute atomic E-state index is 13.5. The van der Waals surface area contributed by atoms with Crippen molar-refractivity contribution in [3.63, 3.8) is 0 Å². The molecular weight excluding hydrogens is 374 g/mol. The Morgan fingerprint density at radius 1 is 1.03 bits per heavy atom. The van der Waals surface area contributed by atoms with E-state index in [-0.39, 0.29) is 23.0 Å². The molecule has 1 aliphatic rings. The summed E-state index contributed by atoms with van der Waals surface area (Å²) < 4.78 is 11.6. The molecule has 0 spiro atoms.